The molecule has 0 unspecified atom stereocenters. The van der Waals surface area contributed by atoms with Crippen LogP contribution >= 0.6 is 22.9 Å². The van der Waals surface area contributed by atoms with Crippen molar-refractivity contribution < 1.29 is 9.21 Å². The SMILES string of the molecule is O=C(Cc1cccs1)NN=Cc1ccc(-c2ccccc2Cl)o1. The number of hydrazone groups is 1. The second-order valence-electron chi connectivity index (χ2n) is 4.73. The number of benzene rings is 1. The molecular formula is C17H13ClN2O2S. The molecule has 23 heavy (non-hydrogen) atoms. The zero-order valence-electron chi connectivity index (χ0n) is 12.0. The molecule has 0 aliphatic carbocycles. The summed E-state index contributed by atoms with van der Waals surface area (Å²) in [6.07, 6.45) is 1.78. The van der Waals surface area contributed by atoms with Gasteiger partial charge < -0.3 is 4.42 Å². The van der Waals surface area contributed by atoms with Gasteiger partial charge in [-0.2, -0.15) is 5.10 Å². The van der Waals surface area contributed by atoms with Crippen LogP contribution in [0.15, 0.2) is 63.4 Å². The lowest BCUT2D eigenvalue weighted by Gasteiger charge is -1.99. The number of thiophene rings is 1. The Hall–Kier alpha value is -2.37. The van der Waals surface area contributed by atoms with E-state index in [9.17, 15) is 4.79 Å². The highest BCUT2D eigenvalue weighted by Gasteiger charge is 2.07. The fourth-order valence-corrected chi connectivity index (χ4v) is 2.94. The molecule has 0 bridgehead atoms. The number of carbonyl (C=O) groups excluding carboxylic acids is 1. The molecule has 0 aliphatic rings. The van der Waals surface area contributed by atoms with Crippen molar-refractivity contribution in [3.63, 3.8) is 0 Å². The summed E-state index contributed by atoms with van der Waals surface area (Å²) in [5, 5.41) is 6.46. The number of hydrogen-bond acceptors (Lipinski definition) is 4. The third-order valence-corrected chi connectivity index (χ3v) is 4.27. The van der Waals surface area contributed by atoms with E-state index in [1.165, 1.54) is 17.6 Å². The Kier molecular flexibility index (Phi) is 4.90. The van der Waals surface area contributed by atoms with E-state index < -0.39 is 0 Å². The molecule has 6 heteroatoms. The van der Waals surface area contributed by atoms with Crippen molar-refractivity contribution in [3.8, 4) is 11.3 Å². The quantitative estimate of drug-likeness (QED) is 0.552. The van der Waals surface area contributed by atoms with Crippen molar-refractivity contribution in [2.75, 3.05) is 0 Å². The van der Waals surface area contributed by atoms with Crippen LogP contribution in [0.3, 0.4) is 0 Å². The average molecular weight is 345 g/mol. The number of amides is 1. The Morgan fingerprint density at radius 3 is 2.87 bits per heavy atom. The number of nitrogens with one attached hydrogen (secondary N) is 1. The lowest BCUT2D eigenvalue weighted by Crippen LogP contribution is -2.19. The van der Waals surface area contributed by atoms with Crippen LogP contribution in [-0.4, -0.2) is 12.1 Å². The lowest BCUT2D eigenvalue weighted by atomic mass is 10.2. The van der Waals surface area contributed by atoms with E-state index in [1.54, 1.807) is 12.1 Å². The van der Waals surface area contributed by atoms with Gasteiger partial charge in [-0.3, -0.25) is 4.79 Å². The second-order valence-corrected chi connectivity index (χ2v) is 6.17. The molecule has 4 nitrogen and oxygen atoms in total. The third kappa shape index (κ3) is 4.09. The first-order valence-electron chi connectivity index (χ1n) is 6.91. The summed E-state index contributed by atoms with van der Waals surface area (Å²) in [6, 6.07) is 14.8. The van der Waals surface area contributed by atoms with Gasteiger partial charge in [0, 0.05) is 10.4 Å². The van der Waals surface area contributed by atoms with Crippen LogP contribution in [0.25, 0.3) is 11.3 Å². The van der Waals surface area contributed by atoms with E-state index in [1.807, 2.05) is 41.8 Å². The smallest absolute Gasteiger partial charge is 0.245 e. The summed E-state index contributed by atoms with van der Waals surface area (Å²) < 4.78 is 5.66. The van der Waals surface area contributed by atoms with Crippen molar-refractivity contribution >= 4 is 35.1 Å². The fourth-order valence-electron chi connectivity index (χ4n) is 2.01. The number of carbonyl (C=O) groups is 1. The summed E-state index contributed by atoms with van der Waals surface area (Å²) in [7, 11) is 0. The molecular weight excluding hydrogens is 332 g/mol. The minimum Gasteiger partial charge on any atom is -0.455 e. The average Bonchev–Trinajstić information content (AvgIpc) is 3.20. The minimum absolute atomic E-state index is 0.165. The standard InChI is InChI=1S/C17H13ClN2O2S/c18-15-6-2-1-5-14(15)16-8-7-12(22-16)11-19-20-17(21)10-13-4-3-9-23-13/h1-9,11H,10H2,(H,20,21). The van der Waals surface area contributed by atoms with Crippen molar-refractivity contribution in [2.24, 2.45) is 5.10 Å². The first-order valence-corrected chi connectivity index (χ1v) is 8.17. The van der Waals surface area contributed by atoms with Gasteiger partial charge in [0.2, 0.25) is 5.91 Å². The van der Waals surface area contributed by atoms with Gasteiger partial charge in [0.25, 0.3) is 0 Å². The Bertz CT molecular complexity index is 825. The molecule has 0 atom stereocenters. The molecule has 3 rings (SSSR count). The van der Waals surface area contributed by atoms with Gasteiger partial charge >= 0.3 is 0 Å². The molecule has 0 saturated heterocycles. The molecule has 2 heterocycles. The number of halogens is 1. The van der Waals surface area contributed by atoms with Gasteiger partial charge in [-0.05, 0) is 35.7 Å². The van der Waals surface area contributed by atoms with Gasteiger partial charge in [-0.1, -0.05) is 29.8 Å². The maximum atomic E-state index is 11.7. The molecule has 0 fully saturated rings. The maximum absolute atomic E-state index is 11.7. The molecule has 1 aromatic carbocycles. The number of rotatable bonds is 5. The van der Waals surface area contributed by atoms with Gasteiger partial charge in [0.1, 0.15) is 11.5 Å². The Labute approximate surface area is 142 Å². The van der Waals surface area contributed by atoms with Crippen molar-refractivity contribution in [1.82, 2.24) is 5.43 Å². The van der Waals surface area contributed by atoms with Crippen LogP contribution < -0.4 is 5.43 Å². The predicted molar refractivity (Wildman–Crippen MR) is 92.9 cm³/mol. The van der Waals surface area contributed by atoms with Gasteiger partial charge in [0.05, 0.1) is 17.7 Å². The maximum Gasteiger partial charge on any atom is 0.245 e. The fraction of sp³-hybridized carbons (Fsp3) is 0.0588. The second kappa shape index (κ2) is 7.26. The number of furan rings is 1. The molecule has 2 aromatic heterocycles. The zero-order chi connectivity index (χ0) is 16.1. The molecule has 0 spiro atoms. The van der Waals surface area contributed by atoms with E-state index in [0.717, 1.165) is 10.4 Å². The van der Waals surface area contributed by atoms with E-state index in [0.29, 0.717) is 23.0 Å². The Morgan fingerprint density at radius 1 is 1.22 bits per heavy atom. The number of nitrogens with zero attached hydrogens (tertiary/aromatic N) is 1. The zero-order valence-corrected chi connectivity index (χ0v) is 13.6. The van der Waals surface area contributed by atoms with Gasteiger partial charge in [-0.15, -0.1) is 11.3 Å². The van der Waals surface area contributed by atoms with E-state index in [4.69, 9.17) is 16.0 Å². The molecule has 1 N–H and O–H groups in total. The first-order chi connectivity index (χ1) is 11.2. The summed E-state index contributed by atoms with van der Waals surface area (Å²) in [5.74, 6) is 1.03. The predicted octanol–water partition coefficient (Wildman–Crippen LogP) is 4.35. The van der Waals surface area contributed by atoms with Crippen molar-refractivity contribution in [2.45, 2.75) is 6.42 Å². The van der Waals surface area contributed by atoms with Gasteiger partial charge in [-0.25, -0.2) is 5.43 Å². The van der Waals surface area contributed by atoms with E-state index in [2.05, 4.69) is 10.5 Å². The topological polar surface area (TPSA) is 54.6 Å². The summed E-state index contributed by atoms with van der Waals surface area (Å²) >= 11 is 7.67. The third-order valence-electron chi connectivity index (χ3n) is 3.06. The van der Waals surface area contributed by atoms with Crippen molar-refractivity contribution in [1.29, 1.82) is 0 Å². The highest BCUT2D eigenvalue weighted by molar-refractivity contribution is 7.10. The lowest BCUT2D eigenvalue weighted by molar-refractivity contribution is -0.120. The Balaban J connectivity index is 1.60. The molecule has 3 aromatic rings. The molecule has 0 radical (unpaired) electrons. The van der Waals surface area contributed by atoms with Crippen molar-refractivity contribution in [3.05, 3.63) is 69.6 Å². The van der Waals surface area contributed by atoms with Crippen LogP contribution in [0.2, 0.25) is 5.02 Å². The van der Waals surface area contributed by atoms with E-state index >= 15 is 0 Å². The highest BCUT2D eigenvalue weighted by atomic mass is 35.5. The minimum atomic E-state index is -0.165. The largest absolute Gasteiger partial charge is 0.455 e. The molecule has 0 saturated carbocycles. The van der Waals surface area contributed by atoms with Crippen LogP contribution in [0.5, 0.6) is 0 Å². The molecule has 116 valence electrons. The monoisotopic (exact) mass is 344 g/mol. The van der Waals surface area contributed by atoms with Crippen LogP contribution in [-0.2, 0) is 11.2 Å². The summed E-state index contributed by atoms with van der Waals surface area (Å²) in [4.78, 5) is 12.7. The van der Waals surface area contributed by atoms with Gasteiger partial charge in [0.15, 0.2) is 0 Å². The highest BCUT2D eigenvalue weighted by Crippen LogP contribution is 2.28. The number of hydrogen-bond donors (Lipinski definition) is 1. The normalized spacial score (nSPS) is 11.0. The van der Waals surface area contributed by atoms with Crippen LogP contribution in [0.1, 0.15) is 10.6 Å². The summed E-state index contributed by atoms with van der Waals surface area (Å²) in [5.41, 5.74) is 3.30. The molecule has 0 aliphatic heterocycles. The Morgan fingerprint density at radius 2 is 2.09 bits per heavy atom. The van der Waals surface area contributed by atoms with Crippen LogP contribution in [0, 0.1) is 0 Å². The van der Waals surface area contributed by atoms with Crippen LogP contribution in [0.4, 0.5) is 0 Å². The first kappa shape index (κ1) is 15.5. The molecule has 1 amide bonds. The summed E-state index contributed by atoms with van der Waals surface area (Å²) in [6.45, 7) is 0. The van der Waals surface area contributed by atoms with E-state index in [-0.39, 0.29) is 5.91 Å².